The van der Waals surface area contributed by atoms with Crippen molar-refractivity contribution in [1.29, 1.82) is 0 Å². The van der Waals surface area contributed by atoms with E-state index in [0.717, 1.165) is 24.2 Å². The second kappa shape index (κ2) is 7.61. The molecule has 6 nitrogen and oxygen atoms in total. The molecule has 0 radical (unpaired) electrons. The van der Waals surface area contributed by atoms with E-state index in [2.05, 4.69) is 27.5 Å². The van der Waals surface area contributed by atoms with Gasteiger partial charge in [0.05, 0.1) is 6.04 Å². The minimum Gasteiger partial charge on any atom is -0.396 e. The van der Waals surface area contributed by atoms with Crippen LogP contribution in [0.5, 0.6) is 0 Å². The zero-order chi connectivity index (χ0) is 17.7. The fraction of sp³-hybridized carbons (Fsp3) is 0.421. The molecule has 1 saturated carbocycles. The van der Waals surface area contributed by atoms with E-state index in [9.17, 15) is 4.79 Å². The van der Waals surface area contributed by atoms with Crippen molar-refractivity contribution in [3.8, 4) is 0 Å². The highest BCUT2D eigenvalue weighted by molar-refractivity contribution is 5.88. The number of anilines is 1. The summed E-state index contributed by atoms with van der Waals surface area (Å²) in [7, 11) is 0. The lowest BCUT2D eigenvalue weighted by Crippen LogP contribution is -2.33. The summed E-state index contributed by atoms with van der Waals surface area (Å²) < 4.78 is 0. The van der Waals surface area contributed by atoms with Gasteiger partial charge in [-0.3, -0.25) is 5.32 Å². The zero-order valence-electron chi connectivity index (χ0n) is 14.4. The van der Waals surface area contributed by atoms with Crippen molar-refractivity contribution in [3.05, 3.63) is 54.0 Å². The third-order valence-electron chi connectivity index (χ3n) is 4.60. The Bertz CT molecular complexity index is 716. The number of nitrogens with zero attached hydrogens (tertiary/aromatic N) is 2. The van der Waals surface area contributed by atoms with Crippen molar-refractivity contribution in [2.45, 2.75) is 44.1 Å². The van der Waals surface area contributed by atoms with Crippen molar-refractivity contribution >= 4 is 11.8 Å². The van der Waals surface area contributed by atoms with E-state index < -0.39 is 0 Å². The lowest BCUT2D eigenvalue weighted by molar-refractivity contribution is 0.243. The molecule has 1 atom stereocenters. The molecular formula is C19H24N4O2. The first-order chi connectivity index (χ1) is 12.1. The summed E-state index contributed by atoms with van der Waals surface area (Å²) in [5.74, 6) is 1.29. The Kier molecular flexibility index (Phi) is 5.28. The van der Waals surface area contributed by atoms with Crippen LogP contribution in [0.3, 0.4) is 0 Å². The maximum Gasteiger partial charge on any atom is 0.320 e. The molecule has 1 aromatic carbocycles. The third-order valence-corrected chi connectivity index (χ3v) is 4.60. The van der Waals surface area contributed by atoms with Gasteiger partial charge in [-0.05, 0) is 37.3 Å². The number of aromatic nitrogens is 2. The number of aliphatic hydroxyl groups is 1. The summed E-state index contributed by atoms with van der Waals surface area (Å²) in [5, 5.41) is 14.9. The molecule has 0 aliphatic heterocycles. The molecule has 2 amide bonds. The fourth-order valence-electron chi connectivity index (χ4n) is 2.74. The number of hydrogen-bond acceptors (Lipinski definition) is 4. The molecule has 1 aromatic heterocycles. The summed E-state index contributed by atoms with van der Waals surface area (Å²) in [6.07, 6.45) is 5.14. The average molecular weight is 340 g/mol. The van der Waals surface area contributed by atoms with Crippen LogP contribution < -0.4 is 10.6 Å². The molecule has 3 rings (SSSR count). The summed E-state index contributed by atoms with van der Waals surface area (Å²) in [4.78, 5) is 21.2. The van der Waals surface area contributed by atoms with Crippen LogP contribution in [0.2, 0.25) is 0 Å². The Balaban J connectivity index is 1.65. The Morgan fingerprint density at radius 2 is 2.04 bits per heavy atom. The van der Waals surface area contributed by atoms with Crippen LogP contribution in [0.1, 0.15) is 50.0 Å². The molecule has 2 aromatic rings. The summed E-state index contributed by atoms with van der Waals surface area (Å²) in [6, 6.07) is 11.0. The van der Waals surface area contributed by atoms with Crippen LogP contribution in [0.15, 0.2) is 42.6 Å². The van der Waals surface area contributed by atoms with Crippen molar-refractivity contribution in [2.75, 3.05) is 11.9 Å². The van der Waals surface area contributed by atoms with Crippen LogP contribution in [0, 0.1) is 0 Å². The molecule has 6 heteroatoms. The Hall–Kier alpha value is -2.47. The first-order valence-corrected chi connectivity index (χ1v) is 8.67. The summed E-state index contributed by atoms with van der Waals surface area (Å²) in [6.45, 7) is 2.23. The minimum atomic E-state index is -0.308. The zero-order valence-corrected chi connectivity index (χ0v) is 14.4. The second-order valence-corrected chi connectivity index (χ2v) is 6.75. The average Bonchev–Trinajstić information content (AvgIpc) is 3.38. The van der Waals surface area contributed by atoms with Crippen molar-refractivity contribution in [1.82, 2.24) is 15.3 Å². The van der Waals surface area contributed by atoms with Gasteiger partial charge in [-0.2, -0.15) is 0 Å². The van der Waals surface area contributed by atoms with Crippen LogP contribution in [-0.2, 0) is 5.41 Å². The van der Waals surface area contributed by atoms with Gasteiger partial charge in [-0.1, -0.05) is 37.3 Å². The molecule has 3 N–H and O–H groups in total. The largest absolute Gasteiger partial charge is 0.396 e. The third kappa shape index (κ3) is 4.54. The SMILES string of the molecule is CC1(c2nccc(NC(=O)N[C@@H](CCCO)c3ccccc3)n2)CC1. The molecular weight excluding hydrogens is 316 g/mol. The van der Waals surface area contributed by atoms with Crippen LogP contribution in [0.25, 0.3) is 0 Å². The van der Waals surface area contributed by atoms with Gasteiger partial charge in [0.15, 0.2) is 0 Å². The Morgan fingerprint density at radius 1 is 1.28 bits per heavy atom. The second-order valence-electron chi connectivity index (χ2n) is 6.75. The Morgan fingerprint density at radius 3 is 2.72 bits per heavy atom. The van der Waals surface area contributed by atoms with E-state index >= 15 is 0 Å². The highest BCUT2D eigenvalue weighted by Gasteiger charge is 2.42. The van der Waals surface area contributed by atoms with Gasteiger partial charge in [0.25, 0.3) is 0 Å². The minimum absolute atomic E-state index is 0.0574. The normalized spacial score (nSPS) is 16.1. The molecule has 0 spiro atoms. The first-order valence-electron chi connectivity index (χ1n) is 8.67. The van der Waals surface area contributed by atoms with Crippen LogP contribution >= 0.6 is 0 Å². The molecule has 25 heavy (non-hydrogen) atoms. The van der Waals surface area contributed by atoms with E-state index in [1.54, 1.807) is 12.3 Å². The predicted octanol–water partition coefficient (Wildman–Crippen LogP) is 3.16. The predicted molar refractivity (Wildman–Crippen MR) is 96.3 cm³/mol. The van der Waals surface area contributed by atoms with Gasteiger partial charge in [0.2, 0.25) is 0 Å². The summed E-state index contributed by atoms with van der Waals surface area (Å²) >= 11 is 0. The molecule has 0 unspecified atom stereocenters. The maximum atomic E-state index is 12.4. The first kappa shape index (κ1) is 17.4. The van der Waals surface area contributed by atoms with Gasteiger partial charge in [0.1, 0.15) is 11.6 Å². The number of carbonyl (C=O) groups is 1. The number of hydrogen-bond donors (Lipinski definition) is 3. The van der Waals surface area contributed by atoms with Crippen molar-refractivity contribution < 1.29 is 9.90 Å². The number of rotatable bonds is 7. The molecule has 1 aliphatic rings. The standard InChI is InChI=1S/C19H24N4O2/c1-19(10-11-19)17-20-12-9-16(22-17)23-18(25)21-15(8-5-13-24)14-6-3-2-4-7-14/h2-4,6-7,9,12,15,24H,5,8,10-11,13H2,1H3,(H2,20,21,22,23,25)/t15-/m0/s1. The number of aliphatic hydroxyl groups excluding tert-OH is 1. The fourth-order valence-corrected chi connectivity index (χ4v) is 2.74. The topological polar surface area (TPSA) is 87.1 Å². The van der Waals surface area contributed by atoms with Crippen molar-refractivity contribution in [2.24, 2.45) is 0 Å². The quantitative estimate of drug-likeness (QED) is 0.722. The number of carbonyl (C=O) groups excluding carboxylic acids is 1. The molecule has 1 fully saturated rings. The van der Waals surface area contributed by atoms with Gasteiger partial charge in [-0.25, -0.2) is 14.8 Å². The van der Waals surface area contributed by atoms with Gasteiger partial charge in [0, 0.05) is 18.2 Å². The van der Waals surface area contributed by atoms with Crippen LogP contribution in [-0.4, -0.2) is 27.7 Å². The summed E-state index contributed by atoms with van der Waals surface area (Å²) in [5.41, 5.74) is 1.07. The number of urea groups is 1. The highest BCUT2D eigenvalue weighted by Crippen LogP contribution is 2.45. The van der Waals surface area contributed by atoms with Crippen LogP contribution in [0.4, 0.5) is 10.6 Å². The van der Waals surface area contributed by atoms with E-state index in [0.29, 0.717) is 18.7 Å². The number of nitrogens with one attached hydrogen (secondary N) is 2. The number of benzene rings is 1. The van der Waals surface area contributed by atoms with Gasteiger partial charge < -0.3 is 10.4 Å². The molecule has 0 saturated heterocycles. The van der Waals surface area contributed by atoms with E-state index in [4.69, 9.17) is 5.11 Å². The lowest BCUT2D eigenvalue weighted by Gasteiger charge is -2.19. The van der Waals surface area contributed by atoms with Gasteiger partial charge >= 0.3 is 6.03 Å². The highest BCUT2D eigenvalue weighted by atomic mass is 16.3. The lowest BCUT2D eigenvalue weighted by atomic mass is 10.0. The maximum absolute atomic E-state index is 12.4. The van der Waals surface area contributed by atoms with E-state index in [1.807, 2.05) is 30.3 Å². The van der Waals surface area contributed by atoms with Gasteiger partial charge in [-0.15, -0.1) is 0 Å². The molecule has 1 aliphatic carbocycles. The Labute approximate surface area is 147 Å². The van der Waals surface area contributed by atoms with E-state index in [-0.39, 0.29) is 24.1 Å². The monoisotopic (exact) mass is 340 g/mol. The smallest absolute Gasteiger partial charge is 0.320 e. The van der Waals surface area contributed by atoms with Crippen molar-refractivity contribution in [3.63, 3.8) is 0 Å². The van der Waals surface area contributed by atoms with E-state index in [1.165, 1.54) is 0 Å². The molecule has 1 heterocycles. The molecule has 0 bridgehead atoms. The number of amides is 2. The molecule has 132 valence electrons.